The maximum Gasteiger partial charge on any atom is 0.0587 e. The molecular weight excluding hydrogens is 345 g/mol. The van der Waals surface area contributed by atoms with E-state index >= 15 is 0 Å². The molecule has 0 fully saturated rings. The number of nitrogens with one attached hydrogen (secondary N) is 1. The van der Waals surface area contributed by atoms with Crippen molar-refractivity contribution >= 4 is 39.1 Å². The quantitative estimate of drug-likeness (QED) is 0.765. The summed E-state index contributed by atoms with van der Waals surface area (Å²) >= 11 is 15.5. The Hall–Kier alpha value is -0.540. The van der Waals surface area contributed by atoms with E-state index in [9.17, 15) is 0 Å². The Morgan fingerprint density at radius 2 is 1.68 bits per heavy atom. The largest absolute Gasteiger partial charge is 0.306 e. The topological polar surface area (TPSA) is 12.0 Å². The van der Waals surface area contributed by atoms with Crippen molar-refractivity contribution in [1.82, 2.24) is 5.32 Å². The molecule has 1 nitrogen and oxygen atoms in total. The lowest BCUT2D eigenvalue weighted by molar-refractivity contribution is 0.628. The molecule has 0 aromatic heterocycles. The Morgan fingerprint density at radius 3 is 2.26 bits per heavy atom. The standard InChI is InChI=1S/C15H14BrCl2N/c1-2-19-15(10-3-5-11(17)6-4-10)13-8-7-12(18)9-14(13)16/h3-9,15,19H,2H2,1H3. The molecule has 0 aliphatic carbocycles. The SMILES string of the molecule is CCNC(c1ccc(Cl)cc1)c1ccc(Cl)cc1Br. The lowest BCUT2D eigenvalue weighted by atomic mass is 9.99. The van der Waals surface area contributed by atoms with Gasteiger partial charge in [0, 0.05) is 14.5 Å². The van der Waals surface area contributed by atoms with E-state index in [1.807, 2.05) is 42.5 Å². The Kier molecular flexibility index (Phi) is 5.28. The van der Waals surface area contributed by atoms with Crippen LogP contribution in [0.1, 0.15) is 24.1 Å². The summed E-state index contributed by atoms with van der Waals surface area (Å²) in [4.78, 5) is 0. The molecule has 1 atom stereocenters. The minimum absolute atomic E-state index is 0.119. The molecule has 100 valence electrons. The van der Waals surface area contributed by atoms with Crippen molar-refractivity contribution in [3.05, 3.63) is 68.1 Å². The zero-order chi connectivity index (χ0) is 13.8. The Balaban J connectivity index is 2.41. The van der Waals surface area contributed by atoms with Crippen LogP contribution in [-0.4, -0.2) is 6.54 Å². The number of hydrogen-bond acceptors (Lipinski definition) is 1. The average Bonchev–Trinajstić information content (AvgIpc) is 2.38. The minimum Gasteiger partial charge on any atom is -0.306 e. The van der Waals surface area contributed by atoms with Crippen LogP contribution in [0.15, 0.2) is 46.9 Å². The van der Waals surface area contributed by atoms with Gasteiger partial charge in [-0.3, -0.25) is 0 Å². The van der Waals surface area contributed by atoms with Crippen LogP contribution in [0.5, 0.6) is 0 Å². The highest BCUT2D eigenvalue weighted by molar-refractivity contribution is 9.10. The zero-order valence-electron chi connectivity index (χ0n) is 10.5. The van der Waals surface area contributed by atoms with Gasteiger partial charge in [-0.05, 0) is 41.9 Å². The third-order valence-electron chi connectivity index (χ3n) is 2.89. The molecule has 19 heavy (non-hydrogen) atoms. The van der Waals surface area contributed by atoms with Gasteiger partial charge in [-0.1, -0.05) is 64.3 Å². The van der Waals surface area contributed by atoms with Gasteiger partial charge in [-0.25, -0.2) is 0 Å². The second-order valence-electron chi connectivity index (χ2n) is 4.21. The summed E-state index contributed by atoms with van der Waals surface area (Å²) in [5.74, 6) is 0. The Bertz CT molecular complexity index is 555. The fraction of sp³-hybridized carbons (Fsp3) is 0.200. The first-order chi connectivity index (χ1) is 9.11. The molecule has 0 aliphatic rings. The average molecular weight is 359 g/mol. The summed E-state index contributed by atoms with van der Waals surface area (Å²) < 4.78 is 1.00. The molecule has 0 bridgehead atoms. The van der Waals surface area contributed by atoms with Crippen molar-refractivity contribution in [3.63, 3.8) is 0 Å². The lowest BCUT2D eigenvalue weighted by Crippen LogP contribution is -2.22. The van der Waals surface area contributed by atoms with Gasteiger partial charge in [0.15, 0.2) is 0 Å². The van der Waals surface area contributed by atoms with Crippen molar-refractivity contribution < 1.29 is 0 Å². The van der Waals surface area contributed by atoms with Crippen LogP contribution in [0.3, 0.4) is 0 Å². The molecule has 4 heteroatoms. The molecule has 0 saturated carbocycles. The monoisotopic (exact) mass is 357 g/mol. The maximum absolute atomic E-state index is 6.00. The van der Waals surface area contributed by atoms with Gasteiger partial charge in [0.25, 0.3) is 0 Å². The van der Waals surface area contributed by atoms with E-state index in [2.05, 4.69) is 28.2 Å². The minimum atomic E-state index is 0.119. The van der Waals surface area contributed by atoms with Crippen LogP contribution in [-0.2, 0) is 0 Å². The highest BCUT2D eigenvalue weighted by atomic mass is 79.9. The van der Waals surface area contributed by atoms with E-state index in [-0.39, 0.29) is 6.04 Å². The first kappa shape index (κ1) is 14.9. The normalized spacial score (nSPS) is 12.4. The highest BCUT2D eigenvalue weighted by Crippen LogP contribution is 2.31. The summed E-state index contributed by atoms with van der Waals surface area (Å²) in [5, 5.41) is 4.95. The van der Waals surface area contributed by atoms with Crippen LogP contribution in [0.4, 0.5) is 0 Å². The number of hydrogen-bond donors (Lipinski definition) is 1. The van der Waals surface area contributed by atoms with Crippen LogP contribution < -0.4 is 5.32 Å². The van der Waals surface area contributed by atoms with Crippen molar-refractivity contribution in [3.8, 4) is 0 Å². The second kappa shape index (κ2) is 6.76. The summed E-state index contributed by atoms with van der Waals surface area (Å²) in [6, 6.07) is 13.9. The zero-order valence-corrected chi connectivity index (χ0v) is 13.6. The van der Waals surface area contributed by atoms with E-state index in [4.69, 9.17) is 23.2 Å². The van der Waals surface area contributed by atoms with Gasteiger partial charge in [-0.15, -0.1) is 0 Å². The van der Waals surface area contributed by atoms with Gasteiger partial charge in [0.2, 0.25) is 0 Å². The van der Waals surface area contributed by atoms with Crippen molar-refractivity contribution in [2.75, 3.05) is 6.54 Å². The fourth-order valence-corrected chi connectivity index (χ4v) is 3.04. The molecular formula is C15H14BrCl2N. The van der Waals surface area contributed by atoms with Gasteiger partial charge in [-0.2, -0.15) is 0 Å². The van der Waals surface area contributed by atoms with E-state index in [1.54, 1.807) is 0 Å². The van der Waals surface area contributed by atoms with E-state index in [1.165, 1.54) is 5.56 Å². The van der Waals surface area contributed by atoms with Gasteiger partial charge >= 0.3 is 0 Å². The summed E-state index contributed by atoms with van der Waals surface area (Å²) in [6.07, 6.45) is 0. The molecule has 0 aliphatic heterocycles. The first-order valence-corrected chi connectivity index (χ1v) is 7.60. The Morgan fingerprint density at radius 1 is 1.05 bits per heavy atom. The Labute approximate surface area is 132 Å². The summed E-state index contributed by atoms with van der Waals surface area (Å²) in [7, 11) is 0. The predicted molar refractivity (Wildman–Crippen MR) is 86.1 cm³/mol. The summed E-state index contributed by atoms with van der Waals surface area (Å²) in [5.41, 5.74) is 2.34. The predicted octanol–water partition coefficient (Wildman–Crippen LogP) is 5.45. The molecule has 0 radical (unpaired) electrons. The smallest absolute Gasteiger partial charge is 0.0587 e. The molecule has 2 aromatic carbocycles. The molecule has 0 heterocycles. The second-order valence-corrected chi connectivity index (χ2v) is 5.94. The first-order valence-electron chi connectivity index (χ1n) is 6.05. The van der Waals surface area contributed by atoms with E-state index < -0.39 is 0 Å². The molecule has 2 aromatic rings. The molecule has 0 amide bonds. The molecule has 1 N–H and O–H groups in total. The van der Waals surface area contributed by atoms with Gasteiger partial charge < -0.3 is 5.32 Å². The van der Waals surface area contributed by atoms with Crippen molar-refractivity contribution in [1.29, 1.82) is 0 Å². The highest BCUT2D eigenvalue weighted by Gasteiger charge is 2.15. The molecule has 1 unspecified atom stereocenters. The molecule has 2 rings (SSSR count). The van der Waals surface area contributed by atoms with Crippen molar-refractivity contribution in [2.24, 2.45) is 0 Å². The third kappa shape index (κ3) is 3.73. The van der Waals surface area contributed by atoms with E-state index in [0.717, 1.165) is 26.6 Å². The number of rotatable bonds is 4. The van der Waals surface area contributed by atoms with Gasteiger partial charge in [0.05, 0.1) is 6.04 Å². The van der Waals surface area contributed by atoms with Gasteiger partial charge in [0.1, 0.15) is 0 Å². The van der Waals surface area contributed by atoms with E-state index in [0.29, 0.717) is 0 Å². The fourth-order valence-electron chi connectivity index (χ4n) is 2.00. The number of halogens is 3. The number of benzene rings is 2. The van der Waals surface area contributed by atoms with Crippen LogP contribution in [0.2, 0.25) is 10.0 Å². The lowest BCUT2D eigenvalue weighted by Gasteiger charge is -2.20. The van der Waals surface area contributed by atoms with Crippen LogP contribution in [0.25, 0.3) is 0 Å². The molecule has 0 spiro atoms. The maximum atomic E-state index is 6.00. The van der Waals surface area contributed by atoms with Crippen LogP contribution in [0, 0.1) is 0 Å². The summed E-state index contributed by atoms with van der Waals surface area (Å²) in [6.45, 7) is 2.97. The third-order valence-corrected chi connectivity index (χ3v) is 4.06. The van der Waals surface area contributed by atoms with Crippen LogP contribution >= 0.6 is 39.1 Å². The van der Waals surface area contributed by atoms with Crippen molar-refractivity contribution in [2.45, 2.75) is 13.0 Å². The molecule has 0 saturated heterocycles.